The standard InChI is InChI=1S/C20H21N5OS2/c1-3-10-24(13-16-8-6-15(12-21)7-9-16)19(26)14(2)25-18(22-23-20(25)27)17-5-4-11-28-17/h4-9,11,14H,3,10,13H2,1-2H3,(H,23,27). The molecule has 3 rings (SSSR count). The first-order chi connectivity index (χ1) is 13.5. The molecule has 144 valence electrons. The highest BCUT2D eigenvalue weighted by Crippen LogP contribution is 2.26. The zero-order valence-corrected chi connectivity index (χ0v) is 17.4. The first-order valence-electron chi connectivity index (χ1n) is 9.03. The molecule has 0 aliphatic carbocycles. The first-order valence-corrected chi connectivity index (χ1v) is 10.3. The van der Waals surface area contributed by atoms with Gasteiger partial charge in [0.15, 0.2) is 10.6 Å². The maximum Gasteiger partial charge on any atom is 0.245 e. The zero-order valence-electron chi connectivity index (χ0n) is 15.8. The van der Waals surface area contributed by atoms with Crippen LogP contribution in [0.4, 0.5) is 0 Å². The SMILES string of the molecule is CCCN(Cc1ccc(C#N)cc1)C(=O)C(C)n1c(-c2cccs2)n[nH]c1=S. The van der Waals surface area contributed by atoms with Gasteiger partial charge in [0, 0.05) is 13.1 Å². The summed E-state index contributed by atoms with van der Waals surface area (Å²) in [6.45, 7) is 5.03. The third kappa shape index (κ3) is 4.21. The Morgan fingerprint density at radius 2 is 2.14 bits per heavy atom. The average Bonchev–Trinajstić information content (AvgIpc) is 3.36. The molecule has 3 aromatic rings. The second-order valence-corrected chi connectivity index (χ2v) is 7.78. The molecular weight excluding hydrogens is 390 g/mol. The summed E-state index contributed by atoms with van der Waals surface area (Å²) in [6, 6.07) is 12.9. The minimum absolute atomic E-state index is 0.0125. The quantitative estimate of drug-likeness (QED) is 0.579. The van der Waals surface area contributed by atoms with Gasteiger partial charge in [-0.05, 0) is 54.7 Å². The van der Waals surface area contributed by atoms with Crippen molar-refractivity contribution in [2.24, 2.45) is 0 Å². The summed E-state index contributed by atoms with van der Waals surface area (Å²) in [5.74, 6) is 0.664. The van der Waals surface area contributed by atoms with Gasteiger partial charge in [-0.1, -0.05) is 25.1 Å². The van der Waals surface area contributed by atoms with Gasteiger partial charge in [0.2, 0.25) is 5.91 Å². The molecular formula is C20H21N5OS2. The fourth-order valence-corrected chi connectivity index (χ4v) is 4.06. The molecule has 0 bridgehead atoms. The molecule has 1 unspecified atom stereocenters. The van der Waals surface area contributed by atoms with Crippen LogP contribution in [0.3, 0.4) is 0 Å². The van der Waals surface area contributed by atoms with Crippen LogP contribution in [-0.4, -0.2) is 32.1 Å². The predicted molar refractivity (Wildman–Crippen MR) is 112 cm³/mol. The molecule has 0 fully saturated rings. The number of nitriles is 1. The van der Waals surface area contributed by atoms with E-state index in [0.29, 0.717) is 29.2 Å². The van der Waals surface area contributed by atoms with Crippen molar-refractivity contribution in [3.8, 4) is 16.8 Å². The van der Waals surface area contributed by atoms with Gasteiger partial charge in [-0.15, -0.1) is 11.3 Å². The summed E-state index contributed by atoms with van der Waals surface area (Å²) < 4.78 is 2.21. The maximum atomic E-state index is 13.3. The third-order valence-corrected chi connectivity index (χ3v) is 5.61. The molecule has 0 aliphatic rings. The Kier molecular flexibility index (Phi) is 6.39. The molecule has 1 amide bonds. The summed E-state index contributed by atoms with van der Waals surface area (Å²) in [5, 5.41) is 18.1. The molecule has 2 heterocycles. The van der Waals surface area contributed by atoms with Crippen molar-refractivity contribution in [2.45, 2.75) is 32.9 Å². The Hall–Kier alpha value is -2.76. The van der Waals surface area contributed by atoms with Gasteiger partial charge in [0.05, 0.1) is 16.5 Å². The van der Waals surface area contributed by atoms with E-state index in [0.717, 1.165) is 16.9 Å². The van der Waals surface area contributed by atoms with Crippen LogP contribution in [-0.2, 0) is 11.3 Å². The topological polar surface area (TPSA) is 77.7 Å². The number of amides is 1. The molecule has 2 aromatic heterocycles. The summed E-state index contributed by atoms with van der Waals surface area (Å²) >= 11 is 6.96. The van der Waals surface area contributed by atoms with Gasteiger partial charge in [-0.25, -0.2) is 0 Å². The van der Waals surface area contributed by atoms with Crippen molar-refractivity contribution in [3.05, 3.63) is 57.7 Å². The molecule has 1 atom stereocenters. The van der Waals surface area contributed by atoms with Crippen LogP contribution in [0.1, 0.15) is 37.4 Å². The Morgan fingerprint density at radius 3 is 2.75 bits per heavy atom. The highest BCUT2D eigenvalue weighted by molar-refractivity contribution is 7.71. The lowest BCUT2D eigenvalue weighted by Gasteiger charge is -2.26. The minimum atomic E-state index is -0.478. The van der Waals surface area contributed by atoms with Gasteiger partial charge in [-0.2, -0.15) is 10.4 Å². The van der Waals surface area contributed by atoms with Crippen molar-refractivity contribution in [1.82, 2.24) is 19.7 Å². The Labute approximate surface area is 173 Å². The molecule has 0 spiro atoms. The van der Waals surface area contributed by atoms with Crippen LogP contribution in [0.25, 0.3) is 10.7 Å². The van der Waals surface area contributed by atoms with Crippen molar-refractivity contribution < 1.29 is 4.79 Å². The zero-order chi connectivity index (χ0) is 20.1. The monoisotopic (exact) mass is 411 g/mol. The van der Waals surface area contributed by atoms with Crippen molar-refractivity contribution >= 4 is 29.5 Å². The second-order valence-electron chi connectivity index (χ2n) is 6.44. The van der Waals surface area contributed by atoms with E-state index in [1.54, 1.807) is 28.0 Å². The number of carbonyl (C=O) groups excluding carboxylic acids is 1. The number of aromatic amines is 1. The lowest BCUT2D eigenvalue weighted by molar-refractivity contribution is -0.135. The largest absolute Gasteiger partial charge is 0.337 e. The number of carbonyl (C=O) groups is 1. The number of thiophene rings is 1. The number of nitrogens with one attached hydrogen (secondary N) is 1. The lowest BCUT2D eigenvalue weighted by Crippen LogP contribution is -2.36. The third-order valence-electron chi connectivity index (χ3n) is 4.45. The number of aromatic nitrogens is 3. The summed E-state index contributed by atoms with van der Waals surface area (Å²) in [4.78, 5) is 16.1. The van der Waals surface area contributed by atoms with Gasteiger partial charge < -0.3 is 4.90 Å². The normalized spacial score (nSPS) is 11.8. The van der Waals surface area contributed by atoms with Crippen LogP contribution >= 0.6 is 23.6 Å². The highest BCUT2D eigenvalue weighted by Gasteiger charge is 2.25. The lowest BCUT2D eigenvalue weighted by atomic mass is 10.1. The van der Waals surface area contributed by atoms with E-state index in [2.05, 4.69) is 16.3 Å². The molecule has 0 saturated heterocycles. The predicted octanol–water partition coefficient (Wildman–Crippen LogP) is 4.54. The summed E-state index contributed by atoms with van der Waals surface area (Å²) in [5.41, 5.74) is 1.60. The van der Waals surface area contributed by atoms with Crippen molar-refractivity contribution in [1.29, 1.82) is 5.26 Å². The van der Waals surface area contributed by atoms with Crippen LogP contribution < -0.4 is 0 Å². The number of hydrogen-bond acceptors (Lipinski definition) is 5. The van der Waals surface area contributed by atoms with Crippen molar-refractivity contribution in [3.63, 3.8) is 0 Å². The maximum absolute atomic E-state index is 13.3. The van der Waals surface area contributed by atoms with Gasteiger partial charge in [0.25, 0.3) is 0 Å². The van der Waals surface area contributed by atoms with E-state index in [4.69, 9.17) is 17.5 Å². The average molecular weight is 412 g/mol. The van der Waals surface area contributed by atoms with Gasteiger partial charge >= 0.3 is 0 Å². The van der Waals surface area contributed by atoms with Crippen LogP contribution in [0.2, 0.25) is 0 Å². The van der Waals surface area contributed by atoms with Crippen molar-refractivity contribution in [2.75, 3.05) is 6.54 Å². The fourth-order valence-electron chi connectivity index (χ4n) is 3.06. The number of nitrogens with zero attached hydrogens (tertiary/aromatic N) is 4. The fraction of sp³-hybridized carbons (Fsp3) is 0.300. The first kappa shape index (κ1) is 20.0. The molecule has 0 aliphatic heterocycles. The molecule has 6 nitrogen and oxygen atoms in total. The smallest absolute Gasteiger partial charge is 0.245 e. The minimum Gasteiger partial charge on any atom is -0.337 e. The molecule has 1 N–H and O–H groups in total. The molecule has 1 aromatic carbocycles. The number of H-pyrrole nitrogens is 1. The number of rotatable bonds is 7. The van der Waals surface area contributed by atoms with E-state index < -0.39 is 6.04 Å². The molecule has 0 radical (unpaired) electrons. The molecule has 0 saturated carbocycles. The number of hydrogen-bond donors (Lipinski definition) is 1. The second kappa shape index (κ2) is 8.95. The van der Waals surface area contributed by atoms with Crippen LogP contribution in [0.5, 0.6) is 0 Å². The molecule has 8 heteroatoms. The van der Waals surface area contributed by atoms with E-state index in [1.807, 2.05) is 48.4 Å². The Morgan fingerprint density at radius 1 is 1.39 bits per heavy atom. The Balaban J connectivity index is 1.86. The van der Waals surface area contributed by atoms with Crippen LogP contribution in [0, 0.1) is 16.1 Å². The molecule has 28 heavy (non-hydrogen) atoms. The van der Waals surface area contributed by atoms with E-state index in [1.165, 1.54) is 0 Å². The number of benzene rings is 1. The van der Waals surface area contributed by atoms with Gasteiger partial charge in [-0.3, -0.25) is 14.5 Å². The Bertz CT molecular complexity index is 1030. The van der Waals surface area contributed by atoms with E-state index in [9.17, 15) is 4.79 Å². The van der Waals surface area contributed by atoms with Crippen LogP contribution in [0.15, 0.2) is 41.8 Å². The van der Waals surface area contributed by atoms with E-state index in [-0.39, 0.29) is 5.91 Å². The highest BCUT2D eigenvalue weighted by atomic mass is 32.1. The van der Waals surface area contributed by atoms with E-state index >= 15 is 0 Å². The summed E-state index contributed by atoms with van der Waals surface area (Å²) in [6.07, 6.45) is 0.851. The summed E-state index contributed by atoms with van der Waals surface area (Å²) in [7, 11) is 0. The van der Waals surface area contributed by atoms with Gasteiger partial charge in [0.1, 0.15) is 6.04 Å².